The number of rotatable bonds is 3. The second-order valence-corrected chi connectivity index (χ2v) is 5.12. The van der Waals surface area contributed by atoms with Crippen molar-refractivity contribution in [3.63, 3.8) is 0 Å². The van der Waals surface area contributed by atoms with Gasteiger partial charge in [-0.1, -0.05) is 11.3 Å². The van der Waals surface area contributed by atoms with Crippen LogP contribution < -0.4 is 5.73 Å². The van der Waals surface area contributed by atoms with Gasteiger partial charge >= 0.3 is 0 Å². The Morgan fingerprint density at radius 2 is 2.31 bits per heavy atom. The van der Waals surface area contributed by atoms with Crippen LogP contribution in [0, 0.1) is 0 Å². The molecule has 86 valence electrons. The van der Waals surface area contributed by atoms with Gasteiger partial charge in [0.2, 0.25) is 4.96 Å². The Morgan fingerprint density at radius 3 is 2.94 bits per heavy atom. The minimum atomic E-state index is -0.226. The second kappa shape index (κ2) is 3.47. The molecule has 0 aromatic carbocycles. The van der Waals surface area contributed by atoms with Gasteiger partial charge in [0.1, 0.15) is 11.6 Å². The molecule has 2 aromatic heterocycles. The average molecular weight is 239 g/mol. The molecule has 0 radical (unpaired) electrons. The van der Waals surface area contributed by atoms with Gasteiger partial charge in [-0.05, 0) is 19.3 Å². The maximum atomic E-state index is 6.23. The van der Waals surface area contributed by atoms with Crippen molar-refractivity contribution in [3.8, 4) is 0 Å². The lowest BCUT2D eigenvalue weighted by molar-refractivity contribution is 0.175. The van der Waals surface area contributed by atoms with Crippen molar-refractivity contribution in [2.75, 3.05) is 7.11 Å². The number of nitrogens with zero attached hydrogens (tertiary/aromatic N) is 4. The lowest BCUT2D eigenvalue weighted by atomic mass is 9.78. The minimum Gasteiger partial charge on any atom is -0.377 e. The van der Waals surface area contributed by atoms with Crippen LogP contribution in [-0.4, -0.2) is 26.9 Å². The van der Waals surface area contributed by atoms with Crippen LogP contribution in [-0.2, 0) is 16.9 Å². The molecule has 0 bridgehead atoms. The maximum absolute atomic E-state index is 6.23. The zero-order chi connectivity index (χ0) is 11.2. The Hall–Kier alpha value is -1.05. The lowest BCUT2D eigenvalue weighted by Gasteiger charge is -2.35. The van der Waals surface area contributed by atoms with Crippen LogP contribution in [0.4, 0.5) is 0 Å². The summed E-state index contributed by atoms with van der Waals surface area (Å²) in [6.07, 6.45) is 3.20. The maximum Gasteiger partial charge on any atom is 0.234 e. The number of fused-ring (bicyclic) bond motifs is 1. The molecule has 1 fully saturated rings. The zero-order valence-electron chi connectivity index (χ0n) is 9.01. The number of hydrogen-bond donors (Lipinski definition) is 1. The molecule has 2 heterocycles. The topological polar surface area (TPSA) is 78.3 Å². The van der Waals surface area contributed by atoms with E-state index in [1.165, 1.54) is 17.8 Å². The average Bonchev–Trinajstić information content (AvgIpc) is 2.77. The number of hydrogen-bond acceptors (Lipinski definition) is 6. The van der Waals surface area contributed by atoms with Crippen molar-refractivity contribution in [2.24, 2.45) is 5.73 Å². The molecule has 2 N–H and O–H groups in total. The highest BCUT2D eigenvalue weighted by atomic mass is 32.1. The van der Waals surface area contributed by atoms with Crippen molar-refractivity contribution in [1.29, 1.82) is 0 Å². The van der Waals surface area contributed by atoms with Crippen LogP contribution in [0.1, 0.15) is 30.1 Å². The van der Waals surface area contributed by atoms with Crippen LogP contribution in [0.3, 0.4) is 0 Å². The van der Waals surface area contributed by atoms with Crippen molar-refractivity contribution in [2.45, 2.75) is 31.4 Å². The van der Waals surface area contributed by atoms with E-state index >= 15 is 0 Å². The van der Waals surface area contributed by atoms with Crippen LogP contribution >= 0.6 is 11.3 Å². The molecule has 2 aromatic rings. The van der Waals surface area contributed by atoms with E-state index in [9.17, 15) is 0 Å². The summed E-state index contributed by atoms with van der Waals surface area (Å²) in [6, 6.07) is 0. The number of aromatic nitrogens is 4. The fourth-order valence-electron chi connectivity index (χ4n) is 1.85. The van der Waals surface area contributed by atoms with Gasteiger partial charge in [0.05, 0.1) is 5.54 Å². The van der Waals surface area contributed by atoms with Crippen molar-refractivity contribution in [1.82, 2.24) is 19.8 Å². The third-order valence-corrected chi connectivity index (χ3v) is 4.12. The van der Waals surface area contributed by atoms with E-state index in [2.05, 4.69) is 15.3 Å². The molecule has 16 heavy (non-hydrogen) atoms. The van der Waals surface area contributed by atoms with E-state index < -0.39 is 0 Å². The molecule has 0 atom stereocenters. The molecule has 0 unspecified atom stereocenters. The van der Waals surface area contributed by atoms with E-state index in [0.717, 1.165) is 28.6 Å². The summed E-state index contributed by atoms with van der Waals surface area (Å²) < 4.78 is 6.77. The number of nitrogens with two attached hydrogens (primary N) is 1. The lowest BCUT2D eigenvalue weighted by Crippen LogP contribution is -2.43. The van der Waals surface area contributed by atoms with E-state index in [4.69, 9.17) is 10.5 Å². The van der Waals surface area contributed by atoms with Crippen LogP contribution in [0.2, 0.25) is 0 Å². The minimum absolute atomic E-state index is 0.226. The normalized spacial score (nSPS) is 18.9. The molecule has 0 saturated heterocycles. The van der Waals surface area contributed by atoms with Crippen molar-refractivity contribution in [3.05, 3.63) is 10.8 Å². The van der Waals surface area contributed by atoms with E-state index in [-0.39, 0.29) is 5.54 Å². The van der Waals surface area contributed by atoms with Gasteiger partial charge in [-0.3, -0.25) is 0 Å². The first kappa shape index (κ1) is 10.1. The Bertz CT molecular complexity index is 515. The quantitative estimate of drug-likeness (QED) is 0.851. The fourth-order valence-corrected chi connectivity index (χ4v) is 2.87. The summed E-state index contributed by atoms with van der Waals surface area (Å²) in [4.78, 5) is 0.791. The van der Waals surface area contributed by atoms with Gasteiger partial charge < -0.3 is 10.5 Å². The molecule has 0 spiro atoms. The molecule has 3 rings (SSSR count). The third-order valence-electron chi connectivity index (χ3n) is 3.00. The number of ether oxygens (including phenoxy) is 1. The van der Waals surface area contributed by atoms with Gasteiger partial charge in [-0.25, -0.2) is 0 Å². The summed E-state index contributed by atoms with van der Waals surface area (Å²) in [5, 5.41) is 13.5. The van der Waals surface area contributed by atoms with Crippen LogP contribution in [0.15, 0.2) is 0 Å². The van der Waals surface area contributed by atoms with E-state index in [1.54, 1.807) is 11.6 Å². The van der Waals surface area contributed by atoms with E-state index in [0.29, 0.717) is 6.61 Å². The summed E-state index contributed by atoms with van der Waals surface area (Å²) in [7, 11) is 1.63. The monoisotopic (exact) mass is 239 g/mol. The highest BCUT2D eigenvalue weighted by Crippen LogP contribution is 2.40. The molecule has 6 nitrogen and oxygen atoms in total. The third kappa shape index (κ3) is 1.35. The summed E-state index contributed by atoms with van der Waals surface area (Å²) in [5.41, 5.74) is 6.00. The van der Waals surface area contributed by atoms with Crippen molar-refractivity contribution >= 4 is 16.3 Å². The zero-order valence-corrected chi connectivity index (χ0v) is 9.83. The molecule has 1 aliphatic carbocycles. The molecule has 0 aliphatic heterocycles. The van der Waals surface area contributed by atoms with E-state index in [1.807, 2.05) is 0 Å². The standard InChI is InChI=1S/C9H13N5OS/c1-15-5-6-11-12-8-14(6)13-7(16-8)9(10)3-2-4-9/h2-5,10H2,1H3. The predicted molar refractivity (Wildman–Crippen MR) is 59.1 cm³/mol. The molecular weight excluding hydrogens is 226 g/mol. The Kier molecular flexibility index (Phi) is 2.20. The summed E-state index contributed by atoms with van der Waals surface area (Å²) in [6.45, 7) is 0.419. The SMILES string of the molecule is COCc1nnc2sc(C3(N)CCC3)nn12. The molecule has 1 aliphatic rings. The first-order chi connectivity index (χ1) is 7.73. The number of methoxy groups -OCH3 is 1. The smallest absolute Gasteiger partial charge is 0.234 e. The Labute approximate surface area is 96.4 Å². The van der Waals surface area contributed by atoms with Gasteiger partial charge in [0.15, 0.2) is 5.82 Å². The first-order valence-corrected chi connectivity index (χ1v) is 6.04. The predicted octanol–water partition coefficient (Wildman–Crippen LogP) is 0.670. The highest BCUT2D eigenvalue weighted by Gasteiger charge is 2.38. The molecular formula is C9H13N5OS. The second-order valence-electron chi connectivity index (χ2n) is 4.16. The van der Waals surface area contributed by atoms with Gasteiger partial charge in [-0.2, -0.15) is 9.61 Å². The van der Waals surface area contributed by atoms with Crippen LogP contribution in [0.5, 0.6) is 0 Å². The molecule has 1 saturated carbocycles. The van der Waals surface area contributed by atoms with Gasteiger partial charge in [-0.15, -0.1) is 10.2 Å². The Balaban J connectivity index is 2.02. The van der Waals surface area contributed by atoms with Crippen LogP contribution in [0.25, 0.3) is 4.96 Å². The largest absolute Gasteiger partial charge is 0.377 e. The first-order valence-electron chi connectivity index (χ1n) is 5.22. The summed E-state index contributed by atoms with van der Waals surface area (Å²) >= 11 is 1.52. The summed E-state index contributed by atoms with van der Waals surface area (Å²) in [5.74, 6) is 0.725. The Morgan fingerprint density at radius 1 is 1.50 bits per heavy atom. The van der Waals surface area contributed by atoms with Gasteiger partial charge in [0, 0.05) is 7.11 Å². The van der Waals surface area contributed by atoms with Gasteiger partial charge in [0.25, 0.3) is 0 Å². The highest BCUT2D eigenvalue weighted by molar-refractivity contribution is 7.16. The van der Waals surface area contributed by atoms with Crippen molar-refractivity contribution < 1.29 is 4.74 Å². The molecule has 0 amide bonds. The fraction of sp³-hybridized carbons (Fsp3) is 0.667. The molecule has 7 heteroatoms.